The van der Waals surface area contributed by atoms with Crippen LogP contribution >= 0.6 is 0 Å². The third-order valence-electron chi connectivity index (χ3n) is 5.47. The Balaban J connectivity index is 1.27. The molecule has 26 heavy (non-hydrogen) atoms. The first-order chi connectivity index (χ1) is 12.8. The fraction of sp³-hybridized carbons (Fsp3) is 0.381. The SMILES string of the molecule is O=C([C@H]1COc2ccccc2O1)N1CC[C@@H](c2ccc3c(c2)CCO3)C1. The highest BCUT2D eigenvalue weighted by Crippen LogP contribution is 2.35. The first-order valence-electron chi connectivity index (χ1n) is 9.21. The second-order valence-electron chi connectivity index (χ2n) is 7.10. The molecule has 1 amide bonds. The molecule has 0 N–H and O–H groups in total. The van der Waals surface area contributed by atoms with E-state index in [2.05, 4.69) is 18.2 Å². The Morgan fingerprint density at radius 3 is 2.85 bits per heavy atom. The van der Waals surface area contributed by atoms with Gasteiger partial charge in [0.05, 0.1) is 6.61 Å². The summed E-state index contributed by atoms with van der Waals surface area (Å²) in [5.74, 6) is 2.75. The summed E-state index contributed by atoms with van der Waals surface area (Å²) in [7, 11) is 0. The van der Waals surface area contributed by atoms with Gasteiger partial charge < -0.3 is 19.1 Å². The van der Waals surface area contributed by atoms with E-state index in [4.69, 9.17) is 14.2 Å². The van der Waals surface area contributed by atoms with E-state index in [9.17, 15) is 4.79 Å². The van der Waals surface area contributed by atoms with Crippen molar-refractivity contribution in [2.75, 3.05) is 26.3 Å². The summed E-state index contributed by atoms with van der Waals surface area (Å²) in [6.07, 6.45) is 1.40. The second kappa shape index (κ2) is 6.24. The van der Waals surface area contributed by atoms with Crippen molar-refractivity contribution in [3.8, 4) is 17.2 Å². The van der Waals surface area contributed by atoms with E-state index in [0.29, 0.717) is 17.4 Å². The molecule has 0 saturated carbocycles. The number of benzene rings is 2. The molecule has 2 aromatic rings. The number of nitrogens with zero attached hydrogens (tertiary/aromatic N) is 1. The maximum absolute atomic E-state index is 12.9. The van der Waals surface area contributed by atoms with Gasteiger partial charge in [-0.1, -0.05) is 24.3 Å². The van der Waals surface area contributed by atoms with Crippen LogP contribution in [0.15, 0.2) is 42.5 Å². The van der Waals surface area contributed by atoms with Gasteiger partial charge in [0, 0.05) is 25.4 Å². The van der Waals surface area contributed by atoms with Crippen LogP contribution in [0.3, 0.4) is 0 Å². The molecule has 5 heteroatoms. The van der Waals surface area contributed by atoms with Gasteiger partial charge in [-0.2, -0.15) is 0 Å². The Morgan fingerprint density at radius 2 is 1.92 bits per heavy atom. The molecule has 3 heterocycles. The van der Waals surface area contributed by atoms with Gasteiger partial charge in [-0.3, -0.25) is 4.79 Å². The van der Waals surface area contributed by atoms with Crippen molar-refractivity contribution in [1.29, 1.82) is 0 Å². The van der Waals surface area contributed by atoms with Crippen molar-refractivity contribution in [2.45, 2.75) is 24.9 Å². The van der Waals surface area contributed by atoms with Gasteiger partial charge in [-0.25, -0.2) is 0 Å². The summed E-state index contributed by atoms with van der Waals surface area (Å²) < 4.78 is 17.2. The lowest BCUT2D eigenvalue weighted by Gasteiger charge is -2.28. The van der Waals surface area contributed by atoms with E-state index >= 15 is 0 Å². The molecule has 0 bridgehead atoms. The monoisotopic (exact) mass is 351 g/mol. The lowest BCUT2D eigenvalue weighted by atomic mass is 9.96. The average Bonchev–Trinajstić information content (AvgIpc) is 3.35. The standard InChI is InChI=1S/C21H21NO4/c23-21(20-13-25-18-3-1-2-4-19(18)26-20)22-9-7-16(12-22)14-5-6-17-15(11-14)8-10-24-17/h1-6,11,16,20H,7-10,12-13H2/t16-,20-/m1/s1. The Labute approximate surface area is 152 Å². The van der Waals surface area contributed by atoms with Crippen LogP contribution < -0.4 is 14.2 Å². The fourth-order valence-electron chi connectivity index (χ4n) is 4.04. The maximum Gasteiger partial charge on any atom is 0.267 e. The van der Waals surface area contributed by atoms with E-state index in [-0.39, 0.29) is 12.5 Å². The summed E-state index contributed by atoms with van der Waals surface area (Å²) in [5.41, 5.74) is 2.59. The molecule has 1 fully saturated rings. The van der Waals surface area contributed by atoms with Crippen molar-refractivity contribution < 1.29 is 19.0 Å². The third-order valence-corrected chi connectivity index (χ3v) is 5.47. The number of ether oxygens (including phenoxy) is 3. The summed E-state index contributed by atoms with van der Waals surface area (Å²) in [6.45, 7) is 2.54. The molecule has 5 rings (SSSR count). The molecule has 5 nitrogen and oxygen atoms in total. The van der Waals surface area contributed by atoms with Gasteiger partial charge in [0.15, 0.2) is 11.5 Å². The summed E-state index contributed by atoms with van der Waals surface area (Å²) in [6, 6.07) is 13.9. The fourth-order valence-corrected chi connectivity index (χ4v) is 4.04. The predicted molar refractivity (Wildman–Crippen MR) is 95.9 cm³/mol. The largest absolute Gasteiger partial charge is 0.493 e. The molecular weight excluding hydrogens is 330 g/mol. The smallest absolute Gasteiger partial charge is 0.267 e. The van der Waals surface area contributed by atoms with Crippen LogP contribution in [-0.4, -0.2) is 43.2 Å². The van der Waals surface area contributed by atoms with Crippen molar-refractivity contribution in [2.24, 2.45) is 0 Å². The molecule has 3 aliphatic heterocycles. The minimum Gasteiger partial charge on any atom is -0.493 e. The van der Waals surface area contributed by atoms with Gasteiger partial charge >= 0.3 is 0 Å². The molecule has 0 spiro atoms. The zero-order chi connectivity index (χ0) is 17.5. The number of rotatable bonds is 2. The number of para-hydroxylation sites is 2. The molecule has 0 unspecified atom stereocenters. The van der Waals surface area contributed by atoms with Crippen molar-refractivity contribution in [3.05, 3.63) is 53.6 Å². The number of carbonyl (C=O) groups is 1. The normalized spacial score (nSPS) is 23.5. The highest BCUT2D eigenvalue weighted by molar-refractivity contribution is 5.82. The molecule has 0 radical (unpaired) electrons. The minimum absolute atomic E-state index is 0.0199. The molecule has 134 valence electrons. The summed E-state index contributed by atoms with van der Waals surface area (Å²) in [5, 5.41) is 0. The Hall–Kier alpha value is -2.69. The molecule has 2 aromatic carbocycles. The van der Waals surface area contributed by atoms with Gasteiger partial charge in [-0.15, -0.1) is 0 Å². The molecule has 3 aliphatic rings. The number of amides is 1. The first kappa shape index (κ1) is 15.6. The van der Waals surface area contributed by atoms with E-state index in [1.54, 1.807) is 0 Å². The van der Waals surface area contributed by atoms with Crippen molar-refractivity contribution >= 4 is 5.91 Å². The lowest BCUT2D eigenvalue weighted by Crippen LogP contribution is -2.45. The number of hydrogen-bond donors (Lipinski definition) is 0. The second-order valence-corrected chi connectivity index (χ2v) is 7.10. The Kier molecular flexibility index (Phi) is 3.73. The topological polar surface area (TPSA) is 48.0 Å². The van der Waals surface area contributed by atoms with Crippen LogP contribution in [0.2, 0.25) is 0 Å². The van der Waals surface area contributed by atoms with E-state index in [1.165, 1.54) is 11.1 Å². The summed E-state index contributed by atoms with van der Waals surface area (Å²) in [4.78, 5) is 14.8. The molecule has 0 aromatic heterocycles. The molecule has 0 aliphatic carbocycles. The molecule has 2 atom stereocenters. The summed E-state index contributed by atoms with van der Waals surface area (Å²) >= 11 is 0. The van der Waals surface area contributed by atoms with Crippen LogP contribution in [0.25, 0.3) is 0 Å². The highest BCUT2D eigenvalue weighted by Gasteiger charge is 2.35. The van der Waals surface area contributed by atoms with Gasteiger partial charge in [0.25, 0.3) is 5.91 Å². The highest BCUT2D eigenvalue weighted by atomic mass is 16.6. The number of carbonyl (C=O) groups excluding carboxylic acids is 1. The average molecular weight is 351 g/mol. The van der Waals surface area contributed by atoms with Gasteiger partial charge in [-0.05, 0) is 35.7 Å². The first-order valence-corrected chi connectivity index (χ1v) is 9.21. The van der Waals surface area contributed by atoms with E-state index in [0.717, 1.165) is 38.3 Å². The Morgan fingerprint density at radius 1 is 1.04 bits per heavy atom. The van der Waals surface area contributed by atoms with E-state index in [1.807, 2.05) is 29.2 Å². The van der Waals surface area contributed by atoms with Crippen LogP contribution in [0.5, 0.6) is 17.2 Å². The van der Waals surface area contributed by atoms with Crippen LogP contribution in [0, 0.1) is 0 Å². The van der Waals surface area contributed by atoms with Crippen LogP contribution in [0.4, 0.5) is 0 Å². The van der Waals surface area contributed by atoms with Crippen molar-refractivity contribution in [3.63, 3.8) is 0 Å². The Bertz CT molecular complexity index is 850. The maximum atomic E-state index is 12.9. The zero-order valence-corrected chi connectivity index (χ0v) is 14.5. The number of hydrogen-bond acceptors (Lipinski definition) is 4. The van der Waals surface area contributed by atoms with Crippen molar-refractivity contribution in [1.82, 2.24) is 4.90 Å². The van der Waals surface area contributed by atoms with Gasteiger partial charge in [0.1, 0.15) is 12.4 Å². The quantitative estimate of drug-likeness (QED) is 0.835. The predicted octanol–water partition coefficient (Wildman–Crippen LogP) is 2.78. The molecular formula is C21H21NO4. The number of likely N-dealkylation sites (tertiary alicyclic amines) is 1. The minimum atomic E-state index is -0.558. The van der Waals surface area contributed by atoms with Crippen LogP contribution in [0.1, 0.15) is 23.5 Å². The molecule has 1 saturated heterocycles. The third kappa shape index (κ3) is 2.68. The number of fused-ring (bicyclic) bond motifs is 2. The van der Waals surface area contributed by atoms with Gasteiger partial charge in [0.2, 0.25) is 6.10 Å². The van der Waals surface area contributed by atoms with E-state index < -0.39 is 6.10 Å². The zero-order valence-electron chi connectivity index (χ0n) is 14.5. The lowest BCUT2D eigenvalue weighted by molar-refractivity contribution is -0.140. The van der Waals surface area contributed by atoms with Crippen LogP contribution in [-0.2, 0) is 11.2 Å².